The van der Waals surface area contributed by atoms with Crippen LogP contribution in [0.5, 0.6) is 0 Å². The van der Waals surface area contributed by atoms with E-state index in [1.54, 1.807) is 0 Å². The lowest BCUT2D eigenvalue weighted by Gasteiger charge is -2.29. The lowest BCUT2D eigenvalue weighted by Crippen LogP contribution is -2.46. The number of aliphatic carboxylic acids is 1. The molecule has 0 bridgehead atoms. The average Bonchev–Trinajstić information content (AvgIpc) is 2.43. The van der Waals surface area contributed by atoms with Gasteiger partial charge >= 0.3 is 5.97 Å². The molecule has 5 heteroatoms. The summed E-state index contributed by atoms with van der Waals surface area (Å²) in [6.45, 7) is 4.83. The minimum atomic E-state index is -0.814. The van der Waals surface area contributed by atoms with E-state index in [4.69, 9.17) is 5.11 Å². The summed E-state index contributed by atoms with van der Waals surface area (Å²) in [7, 11) is 0. The predicted molar refractivity (Wildman–Crippen MR) is 78.6 cm³/mol. The number of carbonyl (C=O) groups excluding carboxylic acids is 1. The molecule has 1 rings (SSSR count). The van der Waals surface area contributed by atoms with Crippen molar-refractivity contribution in [1.29, 1.82) is 0 Å². The fourth-order valence-corrected chi connectivity index (χ4v) is 2.66. The molecule has 0 aromatic heterocycles. The van der Waals surface area contributed by atoms with Crippen LogP contribution in [0.4, 0.5) is 0 Å². The van der Waals surface area contributed by atoms with Crippen LogP contribution < -0.4 is 5.32 Å². The number of amides is 1. The summed E-state index contributed by atoms with van der Waals surface area (Å²) in [5.74, 6) is -0.784. The van der Waals surface area contributed by atoms with Gasteiger partial charge in [0.05, 0.1) is 13.0 Å². The van der Waals surface area contributed by atoms with Gasteiger partial charge in [0.1, 0.15) is 0 Å². The molecule has 0 aromatic rings. The number of nitrogens with one attached hydrogen (secondary N) is 1. The van der Waals surface area contributed by atoms with Gasteiger partial charge in [-0.15, -0.1) is 0 Å². The van der Waals surface area contributed by atoms with Crippen molar-refractivity contribution in [3.63, 3.8) is 0 Å². The van der Waals surface area contributed by atoms with Crippen molar-refractivity contribution >= 4 is 11.9 Å². The van der Waals surface area contributed by atoms with E-state index in [-0.39, 0.29) is 18.4 Å². The van der Waals surface area contributed by atoms with E-state index in [2.05, 4.69) is 12.2 Å². The Morgan fingerprint density at radius 3 is 2.50 bits per heavy atom. The Kier molecular flexibility index (Phi) is 7.59. The van der Waals surface area contributed by atoms with Crippen LogP contribution in [0.15, 0.2) is 0 Å². The molecule has 5 nitrogen and oxygen atoms in total. The second-order valence-electron chi connectivity index (χ2n) is 5.77. The van der Waals surface area contributed by atoms with Crippen LogP contribution in [0.25, 0.3) is 0 Å². The van der Waals surface area contributed by atoms with Gasteiger partial charge < -0.3 is 10.4 Å². The molecule has 0 aliphatic heterocycles. The fourth-order valence-electron chi connectivity index (χ4n) is 2.66. The summed E-state index contributed by atoms with van der Waals surface area (Å²) < 4.78 is 0. The second-order valence-corrected chi connectivity index (χ2v) is 5.77. The Balaban J connectivity index is 2.41. The maximum Gasteiger partial charge on any atom is 0.304 e. The second kappa shape index (κ2) is 8.95. The lowest BCUT2D eigenvalue weighted by molar-refractivity contribution is -0.138. The van der Waals surface area contributed by atoms with E-state index < -0.39 is 5.97 Å². The van der Waals surface area contributed by atoms with Gasteiger partial charge in [-0.3, -0.25) is 14.5 Å². The van der Waals surface area contributed by atoms with Crippen LogP contribution in [0, 0.1) is 0 Å². The van der Waals surface area contributed by atoms with Crippen LogP contribution in [0.2, 0.25) is 0 Å². The number of carbonyl (C=O) groups is 2. The van der Waals surface area contributed by atoms with Crippen LogP contribution in [0.1, 0.15) is 58.8 Å². The molecule has 1 unspecified atom stereocenters. The van der Waals surface area contributed by atoms with Crippen LogP contribution in [0.3, 0.4) is 0 Å². The Morgan fingerprint density at radius 1 is 1.30 bits per heavy atom. The number of rotatable bonds is 8. The fraction of sp³-hybridized carbons (Fsp3) is 0.867. The zero-order chi connectivity index (χ0) is 15.0. The van der Waals surface area contributed by atoms with E-state index in [9.17, 15) is 9.59 Å². The largest absolute Gasteiger partial charge is 0.481 e. The maximum atomic E-state index is 12.1. The monoisotopic (exact) mass is 284 g/mol. The summed E-state index contributed by atoms with van der Waals surface area (Å²) in [6.07, 6.45) is 6.80. The molecule has 0 spiro atoms. The minimum absolute atomic E-state index is 0.0302. The first-order chi connectivity index (χ1) is 9.52. The average molecular weight is 284 g/mol. The SMILES string of the molecule is CCC(C)N(CCC(=O)O)CC(=O)NC1CCCCC1. The third-order valence-electron chi connectivity index (χ3n) is 4.14. The van der Waals surface area contributed by atoms with E-state index in [1.807, 2.05) is 11.8 Å². The van der Waals surface area contributed by atoms with Crippen molar-refractivity contribution in [3.8, 4) is 0 Å². The molecule has 1 atom stereocenters. The molecule has 2 N–H and O–H groups in total. The van der Waals surface area contributed by atoms with Crippen molar-refractivity contribution in [2.45, 2.75) is 70.9 Å². The van der Waals surface area contributed by atoms with Crippen molar-refractivity contribution in [1.82, 2.24) is 10.2 Å². The predicted octanol–water partition coefficient (Wildman–Crippen LogP) is 2.01. The van der Waals surface area contributed by atoms with Crippen molar-refractivity contribution in [2.24, 2.45) is 0 Å². The zero-order valence-electron chi connectivity index (χ0n) is 12.7. The molecule has 1 fully saturated rings. The summed E-state index contributed by atoms with van der Waals surface area (Å²) in [6, 6.07) is 0.543. The van der Waals surface area contributed by atoms with Crippen LogP contribution in [-0.4, -0.2) is 47.1 Å². The number of carboxylic acid groups (broad SMARTS) is 1. The van der Waals surface area contributed by atoms with Gasteiger partial charge in [-0.25, -0.2) is 0 Å². The molecule has 0 radical (unpaired) electrons. The Labute approximate surface area is 121 Å². The summed E-state index contributed by atoms with van der Waals surface area (Å²) >= 11 is 0. The van der Waals surface area contributed by atoms with E-state index in [0.717, 1.165) is 19.3 Å². The molecule has 20 heavy (non-hydrogen) atoms. The van der Waals surface area contributed by atoms with E-state index in [0.29, 0.717) is 19.1 Å². The van der Waals surface area contributed by atoms with Crippen molar-refractivity contribution in [3.05, 3.63) is 0 Å². The molecular formula is C15H28N2O3. The highest BCUT2D eigenvalue weighted by Crippen LogP contribution is 2.17. The first-order valence-electron chi connectivity index (χ1n) is 7.78. The van der Waals surface area contributed by atoms with Gasteiger partial charge in [-0.05, 0) is 26.2 Å². The summed E-state index contributed by atoms with van der Waals surface area (Å²) in [4.78, 5) is 24.7. The molecule has 0 heterocycles. The quantitative estimate of drug-likeness (QED) is 0.715. The van der Waals surface area contributed by atoms with Gasteiger partial charge in [0.15, 0.2) is 0 Å². The minimum Gasteiger partial charge on any atom is -0.481 e. The Hall–Kier alpha value is -1.10. The summed E-state index contributed by atoms with van der Waals surface area (Å²) in [5.41, 5.74) is 0. The van der Waals surface area contributed by atoms with Crippen molar-refractivity contribution in [2.75, 3.05) is 13.1 Å². The molecule has 1 aliphatic carbocycles. The molecule has 116 valence electrons. The highest BCUT2D eigenvalue weighted by molar-refractivity contribution is 5.78. The Morgan fingerprint density at radius 2 is 1.95 bits per heavy atom. The molecule has 0 aromatic carbocycles. The molecule has 1 aliphatic rings. The number of nitrogens with zero attached hydrogens (tertiary/aromatic N) is 1. The van der Waals surface area contributed by atoms with Crippen molar-refractivity contribution < 1.29 is 14.7 Å². The Bertz CT molecular complexity index is 314. The van der Waals surface area contributed by atoms with Crippen LogP contribution >= 0.6 is 0 Å². The van der Waals surface area contributed by atoms with Gasteiger partial charge in [-0.2, -0.15) is 0 Å². The highest BCUT2D eigenvalue weighted by atomic mass is 16.4. The number of hydrogen-bond acceptors (Lipinski definition) is 3. The molecular weight excluding hydrogens is 256 g/mol. The third-order valence-corrected chi connectivity index (χ3v) is 4.14. The maximum absolute atomic E-state index is 12.1. The molecule has 1 saturated carbocycles. The van der Waals surface area contributed by atoms with E-state index >= 15 is 0 Å². The first kappa shape index (κ1) is 17.0. The van der Waals surface area contributed by atoms with Gasteiger partial charge in [0.2, 0.25) is 5.91 Å². The van der Waals surface area contributed by atoms with Gasteiger partial charge in [0, 0.05) is 18.6 Å². The number of hydrogen-bond donors (Lipinski definition) is 2. The topological polar surface area (TPSA) is 69.6 Å². The van der Waals surface area contributed by atoms with Gasteiger partial charge in [0.25, 0.3) is 0 Å². The zero-order valence-corrected chi connectivity index (χ0v) is 12.7. The molecule has 1 amide bonds. The number of carboxylic acids is 1. The third kappa shape index (κ3) is 6.37. The van der Waals surface area contributed by atoms with Gasteiger partial charge in [-0.1, -0.05) is 26.2 Å². The summed E-state index contributed by atoms with van der Waals surface area (Å²) in [5, 5.41) is 11.9. The highest BCUT2D eigenvalue weighted by Gasteiger charge is 2.20. The van der Waals surface area contributed by atoms with E-state index in [1.165, 1.54) is 19.3 Å². The lowest BCUT2D eigenvalue weighted by atomic mass is 9.95. The standard InChI is InChI=1S/C15H28N2O3/c1-3-12(2)17(10-9-15(19)20)11-14(18)16-13-7-5-4-6-8-13/h12-13H,3-11H2,1-2H3,(H,16,18)(H,19,20). The first-order valence-corrected chi connectivity index (χ1v) is 7.78. The van der Waals surface area contributed by atoms with Crippen LogP contribution in [-0.2, 0) is 9.59 Å². The molecule has 0 saturated heterocycles. The smallest absolute Gasteiger partial charge is 0.304 e. The normalized spacial score (nSPS) is 17.9.